The predicted octanol–water partition coefficient (Wildman–Crippen LogP) is 3.39. The van der Waals surface area contributed by atoms with Crippen LogP contribution < -0.4 is 14.4 Å². The van der Waals surface area contributed by atoms with Crippen LogP contribution in [0.2, 0.25) is 0 Å². The van der Waals surface area contributed by atoms with Gasteiger partial charge in [0.25, 0.3) is 11.0 Å². The molecule has 7 nitrogen and oxygen atoms in total. The molecular formula is C26H24ClN5O2. The van der Waals surface area contributed by atoms with E-state index in [0.717, 1.165) is 38.4 Å². The maximum Gasteiger partial charge on any atom is 0.369 e. The molecule has 0 radical (unpaired) electrons. The molecule has 1 fully saturated rings. The smallest absolute Gasteiger partial charge is 0.369 e. The molecule has 0 atom stereocenters. The summed E-state index contributed by atoms with van der Waals surface area (Å²) in [4.78, 5) is 4.62. The van der Waals surface area contributed by atoms with E-state index in [2.05, 4.69) is 34.1 Å². The summed E-state index contributed by atoms with van der Waals surface area (Å²) in [6.45, 7) is 4.37. The zero-order valence-electron chi connectivity index (χ0n) is 18.5. The van der Waals surface area contributed by atoms with E-state index in [1.54, 1.807) is 36.4 Å². The molecule has 8 heteroatoms. The van der Waals surface area contributed by atoms with E-state index in [-0.39, 0.29) is 34.8 Å². The van der Waals surface area contributed by atoms with Crippen molar-refractivity contribution in [1.82, 2.24) is 4.90 Å². The molecule has 172 valence electrons. The van der Waals surface area contributed by atoms with Crippen molar-refractivity contribution in [2.45, 2.75) is 6.54 Å². The fraction of sp³-hybridized carbons (Fsp3) is 0.192. The summed E-state index contributed by atoms with van der Waals surface area (Å²) in [6, 6.07) is 26.4. The molecule has 5 rings (SSSR count). The molecular weight excluding hydrogens is 450 g/mol. The van der Waals surface area contributed by atoms with Gasteiger partial charge in [0.2, 0.25) is 0 Å². The van der Waals surface area contributed by atoms with Crippen molar-refractivity contribution in [2.75, 3.05) is 31.1 Å². The molecule has 1 saturated heterocycles. The van der Waals surface area contributed by atoms with Crippen molar-refractivity contribution >= 4 is 29.1 Å². The van der Waals surface area contributed by atoms with Crippen molar-refractivity contribution in [3.8, 4) is 17.3 Å². The lowest BCUT2D eigenvalue weighted by Gasteiger charge is -2.36. The summed E-state index contributed by atoms with van der Waals surface area (Å²) in [5, 5.41) is 35.9. The number of nitrogens with zero attached hydrogens (tertiary/aromatic N) is 5. The quantitative estimate of drug-likeness (QED) is 0.335. The Balaban J connectivity index is 0.00000274. The maximum absolute atomic E-state index is 13.2. The van der Waals surface area contributed by atoms with E-state index in [4.69, 9.17) is 0 Å². The molecule has 0 aliphatic carbocycles. The Morgan fingerprint density at radius 3 is 2.09 bits per heavy atom. The van der Waals surface area contributed by atoms with Crippen LogP contribution in [-0.2, 0) is 6.54 Å². The summed E-state index contributed by atoms with van der Waals surface area (Å²) in [6.07, 6.45) is 0. The largest absolute Gasteiger partial charge is 0.617 e. The first-order chi connectivity index (χ1) is 16.2. The Hall–Kier alpha value is -3.86. The number of aromatic nitrogens is 2. The Labute approximate surface area is 204 Å². The lowest BCUT2D eigenvalue weighted by atomic mass is 10.1. The fourth-order valence-corrected chi connectivity index (χ4v) is 4.43. The van der Waals surface area contributed by atoms with Gasteiger partial charge in [-0.3, -0.25) is 4.90 Å². The van der Waals surface area contributed by atoms with Gasteiger partial charge in [-0.25, -0.2) is 0 Å². The van der Waals surface area contributed by atoms with E-state index in [0.29, 0.717) is 15.0 Å². The van der Waals surface area contributed by atoms with E-state index < -0.39 is 0 Å². The molecule has 0 unspecified atom stereocenters. The third-order valence-electron chi connectivity index (χ3n) is 6.17. The number of hydrogen-bond acceptors (Lipinski definition) is 5. The SMILES string of the molecule is Cl.N#Cc1c(-c2ccccc2)[n+]([O-])c2ccc(N3CCN(Cc4ccccc4)CC3)cc2[n+]1[O-]. The molecule has 34 heavy (non-hydrogen) atoms. The highest BCUT2D eigenvalue weighted by Crippen LogP contribution is 2.24. The van der Waals surface area contributed by atoms with Gasteiger partial charge in [0.1, 0.15) is 0 Å². The molecule has 0 N–H and O–H groups in total. The number of hydrogen-bond donors (Lipinski definition) is 0. The van der Waals surface area contributed by atoms with Crippen molar-refractivity contribution < 1.29 is 9.46 Å². The molecule has 2 heterocycles. The number of rotatable bonds is 4. The van der Waals surface area contributed by atoms with E-state index >= 15 is 0 Å². The van der Waals surface area contributed by atoms with Gasteiger partial charge in [0, 0.05) is 50.5 Å². The highest BCUT2D eigenvalue weighted by Gasteiger charge is 2.30. The minimum Gasteiger partial charge on any atom is -0.617 e. The van der Waals surface area contributed by atoms with Crippen LogP contribution in [0.1, 0.15) is 11.3 Å². The predicted molar refractivity (Wildman–Crippen MR) is 133 cm³/mol. The molecule has 0 spiro atoms. The number of piperazine rings is 1. The zero-order chi connectivity index (χ0) is 22.8. The monoisotopic (exact) mass is 473 g/mol. The lowest BCUT2D eigenvalue weighted by molar-refractivity contribution is -0.622. The highest BCUT2D eigenvalue weighted by atomic mass is 35.5. The van der Waals surface area contributed by atoms with Gasteiger partial charge in [-0.1, -0.05) is 48.5 Å². The summed E-state index contributed by atoms with van der Waals surface area (Å²) < 4.78 is 1.28. The highest BCUT2D eigenvalue weighted by molar-refractivity contribution is 5.85. The van der Waals surface area contributed by atoms with Gasteiger partial charge in [-0.2, -0.15) is 9.99 Å². The van der Waals surface area contributed by atoms with Crippen molar-refractivity contribution in [1.29, 1.82) is 5.26 Å². The van der Waals surface area contributed by atoms with Crippen molar-refractivity contribution in [3.63, 3.8) is 0 Å². The standard InChI is InChI=1S/C26H23N5O2.ClH/c27-18-25-26(21-9-5-2-6-10-21)31(33)23-12-11-22(17-24(23)30(25)32)29-15-13-28(14-16-29)19-20-7-3-1-4-8-20;/h1-12,17H,13-16,19H2;1H. The van der Waals surface area contributed by atoms with Crippen LogP contribution in [0.15, 0.2) is 78.9 Å². The Morgan fingerprint density at radius 1 is 0.794 bits per heavy atom. The average molecular weight is 474 g/mol. The molecule has 1 aliphatic heterocycles. The van der Waals surface area contributed by atoms with Crippen LogP contribution in [0.4, 0.5) is 5.69 Å². The summed E-state index contributed by atoms with van der Waals surface area (Å²) in [7, 11) is 0. The van der Waals surface area contributed by atoms with Gasteiger partial charge in [-0.15, -0.1) is 17.1 Å². The number of fused-ring (bicyclic) bond motifs is 1. The van der Waals surface area contributed by atoms with Gasteiger partial charge in [-0.05, 0) is 23.8 Å². The van der Waals surface area contributed by atoms with Crippen LogP contribution in [0, 0.1) is 21.7 Å². The fourth-order valence-electron chi connectivity index (χ4n) is 4.43. The minimum absolute atomic E-state index is 0. The van der Waals surface area contributed by atoms with Gasteiger partial charge in [0.05, 0.1) is 5.56 Å². The average Bonchev–Trinajstić information content (AvgIpc) is 2.87. The van der Waals surface area contributed by atoms with Crippen LogP contribution >= 0.6 is 12.4 Å². The normalized spacial score (nSPS) is 13.9. The first kappa shape index (κ1) is 23.3. The number of benzene rings is 3. The molecule has 0 bridgehead atoms. The van der Waals surface area contributed by atoms with E-state index in [9.17, 15) is 15.7 Å². The summed E-state index contributed by atoms with van der Waals surface area (Å²) >= 11 is 0. The maximum atomic E-state index is 13.2. The minimum atomic E-state index is -0.200. The second-order valence-corrected chi connectivity index (χ2v) is 8.19. The van der Waals surface area contributed by atoms with Crippen LogP contribution in [0.5, 0.6) is 0 Å². The molecule has 3 aromatic carbocycles. The molecule has 0 amide bonds. The summed E-state index contributed by atoms with van der Waals surface area (Å²) in [5.74, 6) is 0. The van der Waals surface area contributed by atoms with Gasteiger partial charge < -0.3 is 15.3 Å². The Bertz CT molecular complexity index is 1330. The van der Waals surface area contributed by atoms with Crippen LogP contribution in [0.3, 0.4) is 0 Å². The lowest BCUT2D eigenvalue weighted by Crippen LogP contribution is -2.46. The molecule has 1 aliphatic rings. The first-order valence-corrected chi connectivity index (χ1v) is 11.0. The molecule has 4 aromatic rings. The van der Waals surface area contributed by atoms with Gasteiger partial charge >= 0.3 is 11.4 Å². The third kappa shape index (κ3) is 4.34. The number of halogens is 1. The number of nitriles is 1. The Morgan fingerprint density at radius 2 is 1.44 bits per heavy atom. The van der Waals surface area contributed by atoms with Crippen molar-refractivity contribution in [2.24, 2.45) is 0 Å². The second-order valence-electron chi connectivity index (χ2n) is 8.19. The molecule has 1 aromatic heterocycles. The zero-order valence-corrected chi connectivity index (χ0v) is 19.3. The topological polar surface area (TPSA) is 84.2 Å². The van der Waals surface area contributed by atoms with E-state index in [1.165, 1.54) is 5.56 Å². The second kappa shape index (κ2) is 9.96. The van der Waals surface area contributed by atoms with Gasteiger partial charge in [0.15, 0.2) is 6.07 Å². The summed E-state index contributed by atoms with van der Waals surface area (Å²) in [5.41, 5.74) is 3.02. The van der Waals surface area contributed by atoms with Crippen LogP contribution in [-0.4, -0.2) is 31.1 Å². The number of anilines is 1. The first-order valence-electron chi connectivity index (χ1n) is 11.0. The Kier molecular flexibility index (Phi) is 6.82. The molecule has 0 saturated carbocycles. The van der Waals surface area contributed by atoms with E-state index in [1.807, 2.05) is 24.3 Å². The third-order valence-corrected chi connectivity index (χ3v) is 6.17. The van der Waals surface area contributed by atoms with Crippen molar-refractivity contribution in [3.05, 3.63) is 101 Å². The van der Waals surface area contributed by atoms with Crippen LogP contribution in [0.25, 0.3) is 22.3 Å².